The van der Waals surface area contributed by atoms with Gasteiger partial charge in [0.1, 0.15) is 0 Å². The van der Waals surface area contributed by atoms with Gasteiger partial charge in [-0.2, -0.15) is 0 Å². The third-order valence-electron chi connectivity index (χ3n) is 12.9. The van der Waals surface area contributed by atoms with Gasteiger partial charge in [-0.25, -0.2) is 48.8 Å². The molecule has 0 heterocycles. The van der Waals surface area contributed by atoms with Crippen LogP contribution in [0.1, 0.15) is 203 Å². The summed E-state index contributed by atoms with van der Waals surface area (Å²) in [4.78, 5) is 8.35. The molecule has 0 aliphatic heterocycles. The molecule has 4 heteroatoms. The summed E-state index contributed by atoms with van der Waals surface area (Å²) in [6, 6.07) is 39.4. The Bertz CT molecular complexity index is 2310. The molecule has 6 aromatic carbocycles. The van der Waals surface area contributed by atoms with Crippen molar-refractivity contribution in [2.45, 2.75) is 158 Å². The molecule has 0 saturated heterocycles. The maximum Gasteiger partial charge on any atom is 0.202 e. The summed E-state index contributed by atoms with van der Waals surface area (Å²) in [6.45, 7) is 65.4. The van der Waals surface area contributed by atoms with E-state index in [1.54, 1.807) is 0 Å². The molecule has 0 fully saturated rings. The van der Waals surface area contributed by atoms with Gasteiger partial charge in [0.2, 0.25) is 11.4 Å². The first-order chi connectivity index (χ1) is 33.2. The van der Waals surface area contributed by atoms with Gasteiger partial charge in [-0.1, -0.05) is 220 Å². The van der Waals surface area contributed by atoms with Gasteiger partial charge < -0.3 is 0 Å². The van der Waals surface area contributed by atoms with Crippen molar-refractivity contribution in [3.63, 3.8) is 0 Å². The van der Waals surface area contributed by atoms with Crippen molar-refractivity contribution in [2.24, 2.45) is 0 Å². The topological polar surface area (TPSA) is 8.72 Å². The fraction of sp³-hybridized carbons (Fsp3) is 0.353. The fourth-order valence-corrected chi connectivity index (χ4v) is 9.58. The Morgan fingerprint density at radius 3 is 0.556 bits per heavy atom. The van der Waals surface area contributed by atoms with Crippen molar-refractivity contribution in [1.29, 1.82) is 0 Å². The van der Waals surface area contributed by atoms with Crippen molar-refractivity contribution in [2.75, 3.05) is 0 Å². The predicted octanol–water partition coefficient (Wildman–Crippen LogP) is 22.1. The Morgan fingerprint density at radius 2 is 0.444 bits per heavy atom. The number of hydrogen-bond acceptors (Lipinski definition) is 0. The monoisotopic (exact) mass is 1140 g/mol. The minimum atomic E-state index is 0. The van der Waals surface area contributed by atoms with Crippen LogP contribution < -0.4 is 0 Å². The summed E-state index contributed by atoms with van der Waals surface area (Å²) in [5, 5.41) is 0. The molecule has 0 amide bonds. The number of nitrogens with zero attached hydrogens (tertiary/aromatic N) is 2. The first kappa shape index (κ1) is 64.9. The normalized spacial score (nSPS) is 10.6. The molecule has 72 heavy (non-hydrogen) atoms. The van der Waals surface area contributed by atoms with E-state index < -0.39 is 0 Å². The predicted molar refractivity (Wildman–Crippen MR) is 311 cm³/mol. The second kappa shape index (κ2) is 30.8. The summed E-state index contributed by atoms with van der Waals surface area (Å²) in [5.74, 6) is 3.11. The third kappa shape index (κ3) is 15.4. The van der Waals surface area contributed by atoms with E-state index in [0.29, 0.717) is 47.3 Å². The minimum Gasteiger partial charge on any atom is -0.245 e. The Balaban J connectivity index is 0.000000633. The molecule has 0 spiro atoms. The van der Waals surface area contributed by atoms with Crippen LogP contribution in [0, 0.1) is 27.0 Å². The molecule has 0 atom stereocenters. The summed E-state index contributed by atoms with van der Waals surface area (Å²) in [7, 11) is 0. The Morgan fingerprint density at radius 1 is 0.319 bits per heavy atom. The Labute approximate surface area is 467 Å². The van der Waals surface area contributed by atoms with Crippen LogP contribution in [0.25, 0.3) is 54.2 Å². The molecule has 0 aromatic heterocycles. The SMILES string of the molecule is C=C[CH2-].C=C[CH2-].[C-]#[N+]c1c(-c2c(C(C)C)cccc2C(C)C)cccc1-c1c(C(C)C)cccc1C(C)C.[C-]#[N+]c1c(-c2c(C(C)C)cccc2C(C)C)cccc1-c1c(C(C)C)cccc1C(C)C.[Pd].[Pd]. The van der Waals surface area contributed by atoms with Gasteiger partial charge in [0.25, 0.3) is 0 Å². The average Bonchev–Trinajstić information content (AvgIpc) is 3.32. The zero-order valence-electron chi connectivity index (χ0n) is 46.5. The molecule has 388 valence electrons. The van der Waals surface area contributed by atoms with Crippen LogP contribution in [0.3, 0.4) is 0 Å². The van der Waals surface area contributed by atoms with E-state index in [1.807, 2.05) is 0 Å². The number of rotatable bonds is 12. The first-order valence-corrected chi connectivity index (χ1v) is 25.5. The third-order valence-corrected chi connectivity index (χ3v) is 12.9. The molecule has 0 N–H and O–H groups in total. The summed E-state index contributed by atoms with van der Waals surface area (Å²) in [6.07, 6.45) is 3.00. The van der Waals surface area contributed by atoms with Gasteiger partial charge in [-0.05, 0) is 136 Å². The van der Waals surface area contributed by atoms with Crippen molar-refractivity contribution in [1.82, 2.24) is 0 Å². The maximum atomic E-state index is 8.26. The van der Waals surface area contributed by atoms with E-state index in [1.165, 1.54) is 78.9 Å². The van der Waals surface area contributed by atoms with Crippen molar-refractivity contribution >= 4 is 11.4 Å². The fourth-order valence-electron chi connectivity index (χ4n) is 9.58. The van der Waals surface area contributed by atoms with Crippen molar-refractivity contribution in [3.8, 4) is 44.5 Å². The van der Waals surface area contributed by atoms with Gasteiger partial charge in [-0.3, -0.25) is 0 Å². The van der Waals surface area contributed by atoms with Crippen LogP contribution in [-0.2, 0) is 40.8 Å². The van der Waals surface area contributed by atoms with Crippen LogP contribution in [0.2, 0.25) is 0 Å². The smallest absolute Gasteiger partial charge is 0.202 e. The van der Waals surface area contributed by atoms with Crippen molar-refractivity contribution < 1.29 is 40.8 Å². The second-order valence-corrected chi connectivity index (χ2v) is 20.7. The zero-order chi connectivity index (χ0) is 52.6. The average molecular weight is 1140 g/mol. The van der Waals surface area contributed by atoms with Crippen LogP contribution in [-0.4, -0.2) is 0 Å². The first-order valence-electron chi connectivity index (χ1n) is 25.5. The van der Waals surface area contributed by atoms with E-state index in [0.717, 1.165) is 33.6 Å². The summed E-state index contributed by atoms with van der Waals surface area (Å²) in [5.41, 5.74) is 21.4. The van der Waals surface area contributed by atoms with E-state index in [4.69, 9.17) is 13.1 Å². The quantitative estimate of drug-likeness (QED) is 0.0853. The number of allylic oxidation sites excluding steroid dienone is 2. The van der Waals surface area contributed by atoms with E-state index in [-0.39, 0.29) is 40.8 Å². The van der Waals surface area contributed by atoms with Crippen molar-refractivity contribution in [3.05, 3.63) is 216 Å². The molecular weight excluding hydrogens is 1060 g/mol. The molecular formula is C68H84N2Pd2-2. The maximum absolute atomic E-state index is 8.26. The molecule has 2 nitrogen and oxygen atoms in total. The molecule has 6 rings (SSSR count). The van der Waals surface area contributed by atoms with Gasteiger partial charge >= 0.3 is 0 Å². The van der Waals surface area contributed by atoms with Crippen LogP contribution in [0.5, 0.6) is 0 Å². The van der Waals surface area contributed by atoms with E-state index >= 15 is 0 Å². The van der Waals surface area contributed by atoms with Gasteiger partial charge in [-0.15, -0.1) is 0 Å². The molecule has 0 unspecified atom stereocenters. The molecule has 0 bridgehead atoms. The number of para-hydroxylation sites is 2. The summed E-state index contributed by atoms with van der Waals surface area (Å²) < 4.78 is 0. The number of benzene rings is 6. The van der Waals surface area contributed by atoms with Crippen LogP contribution in [0.4, 0.5) is 11.4 Å². The second-order valence-electron chi connectivity index (χ2n) is 20.7. The standard InChI is InChI=1S/2C31H37N.2C3H5.2Pd/c2*1-19(2)23-13-10-14-24(20(3)4)29(23)27-17-12-18-28(31(27)32-9)30-25(21(5)6)15-11-16-26(30)22(7)8;2*1-3-2;;/h2*10-22H,1-8H3;2*3H,1-2H2;;/q;;2*-1;;. The van der Waals surface area contributed by atoms with Crippen LogP contribution >= 0.6 is 0 Å². The zero-order valence-corrected chi connectivity index (χ0v) is 49.6. The molecule has 6 aromatic rings. The van der Waals surface area contributed by atoms with Gasteiger partial charge in [0, 0.05) is 40.8 Å². The molecule has 0 saturated carbocycles. The van der Waals surface area contributed by atoms with E-state index in [9.17, 15) is 0 Å². The number of hydrogen-bond donors (Lipinski definition) is 0. The van der Waals surface area contributed by atoms with Crippen LogP contribution in [0.15, 0.2) is 135 Å². The van der Waals surface area contributed by atoms with Gasteiger partial charge in [0.15, 0.2) is 0 Å². The molecule has 0 radical (unpaired) electrons. The largest absolute Gasteiger partial charge is 0.245 e. The minimum absolute atomic E-state index is 0. The molecule has 0 aliphatic carbocycles. The molecule has 0 aliphatic rings. The van der Waals surface area contributed by atoms with E-state index in [2.05, 4.69) is 257 Å². The Hall–Kier alpha value is -5.16. The summed E-state index contributed by atoms with van der Waals surface area (Å²) >= 11 is 0. The Kier molecular flexibility index (Phi) is 27.7. The van der Waals surface area contributed by atoms with Gasteiger partial charge in [0.05, 0.1) is 13.1 Å².